The number of carbonyl (C=O) groups is 1. The topological polar surface area (TPSA) is 59.3 Å². The van der Waals surface area contributed by atoms with E-state index < -0.39 is 0 Å². The van der Waals surface area contributed by atoms with Gasteiger partial charge in [-0.1, -0.05) is 0 Å². The van der Waals surface area contributed by atoms with Gasteiger partial charge < -0.3 is 9.47 Å². The van der Waals surface area contributed by atoms with Gasteiger partial charge in [0.05, 0.1) is 23.8 Å². The first-order chi connectivity index (χ1) is 8.08. The molecular weight excluding hydrogens is 218 g/mol. The van der Waals surface area contributed by atoms with Gasteiger partial charge in [-0.25, -0.2) is 0 Å². The first-order valence-electron chi connectivity index (χ1n) is 5.29. The van der Waals surface area contributed by atoms with E-state index in [-0.39, 0.29) is 11.9 Å². The zero-order valence-electron chi connectivity index (χ0n) is 10.2. The molecule has 0 aromatic heterocycles. The Morgan fingerprint density at radius 1 is 1.53 bits per heavy atom. The summed E-state index contributed by atoms with van der Waals surface area (Å²) >= 11 is 0. The van der Waals surface area contributed by atoms with Crippen molar-refractivity contribution in [1.29, 1.82) is 5.26 Å². The summed E-state index contributed by atoms with van der Waals surface area (Å²) in [5.74, 6) is 0.343. The molecule has 0 bridgehead atoms. The van der Waals surface area contributed by atoms with Crippen LogP contribution in [0.1, 0.15) is 29.8 Å². The van der Waals surface area contributed by atoms with Crippen LogP contribution in [0.3, 0.4) is 0 Å². The Balaban J connectivity index is 3.01. The number of hydrogen-bond donors (Lipinski definition) is 0. The molecule has 1 rings (SSSR count). The summed E-state index contributed by atoms with van der Waals surface area (Å²) in [6, 6.07) is 6.80. The predicted octanol–water partition coefficient (Wildman–Crippen LogP) is 2.17. The van der Waals surface area contributed by atoms with Crippen LogP contribution in [0.5, 0.6) is 5.75 Å². The van der Waals surface area contributed by atoms with Crippen LogP contribution in [0.25, 0.3) is 0 Å². The molecule has 0 aliphatic carbocycles. The van der Waals surface area contributed by atoms with Crippen molar-refractivity contribution in [2.75, 3.05) is 13.7 Å². The molecule has 0 saturated carbocycles. The maximum Gasteiger partial charge on any atom is 0.163 e. The average molecular weight is 233 g/mol. The molecule has 1 aromatic carbocycles. The second kappa shape index (κ2) is 6.02. The van der Waals surface area contributed by atoms with E-state index in [1.165, 1.54) is 6.92 Å². The van der Waals surface area contributed by atoms with E-state index in [1.807, 2.05) is 13.0 Å². The van der Waals surface area contributed by atoms with Gasteiger partial charge in [0.25, 0.3) is 0 Å². The van der Waals surface area contributed by atoms with Crippen molar-refractivity contribution >= 4 is 5.78 Å². The van der Waals surface area contributed by atoms with E-state index in [0.29, 0.717) is 23.5 Å². The van der Waals surface area contributed by atoms with Crippen molar-refractivity contribution in [2.24, 2.45) is 0 Å². The standard InChI is InChI=1S/C13H15NO3/c1-9(8-16-3)17-13-6-11(7-14)4-5-12(13)10(2)15/h4-6,9H,8H2,1-3H3. The van der Waals surface area contributed by atoms with Gasteiger partial charge in [-0.15, -0.1) is 0 Å². The number of methoxy groups -OCH3 is 1. The van der Waals surface area contributed by atoms with Gasteiger partial charge in [-0.2, -0.15) is 5.26 Å². The molecular formula is C13H15NO3. The van der Waals surface area contributed by atoms with Crippen LogP contribution in [0, 0.1) is 11.3 Å². The molecule has 0 heterocycles. The second-order valence-electron chi connectivity index (χ2n) is 3.76. The largest absolute Gasteiger partial charge is 0.488 e. The Hall–Kier alpha value is -1.86. The lowest BCUT2D eigenvalue weighted by molar-refractivity contribution is 0.0889. The van der Waals surface area contributed by atoms with Crippen molar-refractivity contribution in [1.82, 2.24) is 0 Å². The zero-order chi connectivity index (χ0) is 12.8. The van der Waals surface area contributed by atoms with Gasteiger partial charge in [-0.05, 0) is 32.0 Å². The second-order valence-corrected chi connectivity index (χ2v) is 3.76. The first-order valence-corrected chi connectivity index (χ1v) is 5.29. The van der Waals surface area contributed by atoms with Crippen molar-refractivity contribution in [3.05, 3.63) is 29.3 Å². The van der Waals surface area contributed by atoms with Crippen LogP contribution in [0.4, 0.5) is 0 Å². The number of ether oxygens (including phenoxy) is 2. The maximum absolute atomic E-state index is 11.4. The number of carbonyl (C=O) groups excluding carboxylic acids is 1. The number of nitrogens with zero attached hydrogens (tertiary/aromatic N) is 1. The highest BCUT2D eigenvalue weighted by Gasteiger charge is 2.12. The number of benzene rings is 1. The monoisotopic (exact) mass is 233 g/mol. The Bertz CT molecular complexity index is 448. The van der Waals surface area contributed by atoms with E-state index in [0.717, 1.165) is 0 Å². The predicted molar refractivity (Wildman–Crippen MR) is 63.1 cm³/mol. The first kappa shape index (κ1) is 13.2. The number of Topliss-reactive ketones (excluding diaryl/α,β-unsaturated/α-hetero) is 1. The molecule has 1 aromatic rings. The highest BCUT2D eigenvalue weighted by molar-refractivity contribution is 5.97. The highest BCUT2D eigenvalue weighted by Crippen LogP contribution is 2.22. The third kappa shape index (κ3) is 3.58. The fourth-order valence-electron chi connectivity index (χ4n) is 1.47. The van der Waals surface area contributed by atoms with Crippen LogP contribution in [-0.2, 0) is 4.74 Å². The lowest BCUT2D eigenvalue weighted by Gasteiger charge is -2.16. The van der Waals surface area contributed by atoms with E-state index in [4.69, 9.17) is 14.7 Å². The Morgan fingerprint density at radius 3 is 2.76 bits per heavy atom. The molecule has 1 atom stereocenters. The molecule has 0 aliphatic rings. The molecule has 0 N–H and O–H groups in total. The van der Waals surface area contributed by atoms with Crippen LogP contribution in [0.2, 0.25) is 0 Å². The van der Waals surface area contributed by atoms with Crippen molar-refractivity contribution < 1.29 is 14.3 Å². The number of nitriles is 1. The van der Waals surface area contributed by atoms with Crippen molar-refractivity contribution in [3.8, 4) is 11.8 Å². The molecule has 4 heteroatoms. The van der Waals surface area contributed by atoms with Crippen molar-refractivity contribution in [2.45, 2.75) is 20.0 Å². The molecule has 0 radical (unpaired) electrons. The third-order valence-electron chi connectivity index (χ3n) is 2.22. The molecule has 0 spiro atoms. The summed E-state index contributed by atoms with van der Waals surface area (Å²) in [6.45, 7) is 3.73. The third-order valence-corrected chi connectivity index (χ3v) is 2.22. The lowest BCUT2D eigenvalue weighted by Crippen LogP contribution is -2.19. The minimum Gasteiger partial charge on any atom is -0.488 e. The normalized spacial score (nSPS) is 11.6. The van der Waals surface area contributed by atoms with E-state index >= 15 is 0 Å². The van der Waals surface area contributed by atoms with Crippen LogP contribution < -0.4 is 4.74 Å². The molecule has 1 unspecified atom stereocenters. The van der Waals surface area contributed by atoms with E-state index in [9.17, 15) is 4.79 Å². The molecule has 0 amide bonds. The summed E-state index contributed by atoms with van der Waals surface area (Å²) in [5, 5.41) is 8.81. The fraction of sp³-hybridized carbons (Fsp3) is 0.385. The van der Waals surface area contributed by atoms with Gasteiger partial charge in [0.2, 0.25) is 0 Å². The fourth-order valence-corrected chi connectivity index (χ4v) is 1.47. The van der Waals surface area contributed by atoms with Crippen LogP contribution >= 0.6 is 0 Å². The minimum atomic E-state index is -0.174. The molecule has 0 aliphatic heterocycles. The SMILES string of the molecule is COCC(C)Oc1cc(C#N)ccc1C(C)=O. The van der Waals surface area contributed by atoms with Gasteiger partial charge in [0, 0.05) is 7.11 Å². The minimum absolute atomic E-state index is 0.0888. The van der Waals surface area contributed by atoms with Crippen LogP contribution in [-0.4, -0.2) is 25.6 Å². The van der Waals surface area contributed by atoms with Gasteiger partial charge >= 0.3 is 0 Å². The Labute approximate surface area is 101 Å². The number of rotatable bonds is 5. The summed E-state index contributed by atoms with van der Waals surface area (Å²) in [4.78, 5) is 11.4. The highest BCUT2D eigenvalue weighted by atomic mass is 16.5. The lowest BCUT2D eigenvalue weighted by atomic mass is 10.1. The van der Waals surface area contributed by atoms with E-state index in [2.05, 4.69) is 0 Å². The Kier molecular flexibility index (Phi) is 4.68. The van der Waals surface area contributed by atoms with E-state index in [1.54, 1.807) is 25.3 Å². The summed E-state index contributed by atoms with van der Waals surface area (Å²) < 4.78 is 10.6. The average Bonchev–Trinajstić information content (AvgIpc) is 2.28. The van der Waals surface area contributed by atoms with Crippen molar-refractivity contribution in [3.63, 3.8) is 0 Å². The number of ketones is 1. The van der Waals surface area contributed by atoms with Crippen LogP contribution in [0.15, 0.2) is 18.2 Å². The maximum atomic E-state index is 11.4. The van der Waals surface area contributed by atoms with Gasteiger partial charge in [0.1, 0.15) is 11.9 Å². The molecule has 0 saturated heterocycles. The van der Waals surface area contributed by atoms with Gasteiger partial charge in [0.15, 0.2) is 5.78 Å². The smallest absolute Gasteiger partial charge is 0.163 e. The summed E-state index contributed by atoms with van der Waals surface area (Å²) in [6.07, 6.45) is -0.174. The quantitative estimate of drug-likeness (QED) is 0.731. The van der Waals surface area contributed by atoms with Gasteiger partial charge in [-0.3, -0.25) is 4.79 Å². The number of hydrogen-bond acceptors (Lipinski definition) is 4. The zero-order valence-corrected chi connectivity index (χ0v) is 10.2. The summed E-state index contributed by atoms with van der Waals surface area (Å²) in [5.41, 5.74) is 0.946. The molecule has 90 valence electrons. The molecule has 4 nitrogen and oxygen atoms in total. The molecule has 0 fully saturated rings. The summed E-state index contributed by atoms with van der Waals surface area (Å²) in [7, 11) is 1.58. The molecule has 17 heavy (non-hydrogen) atoms. The Morgan fingerprint density at radius 2 is 2.24 bits per heavy atom.